The van der Waals surface area contributed by atoms with Crippen molar-refractivity contribution < 1.29 is 14.7 Å². The molecular formula is C21H26O3. The van der Waals surface area contributed by atoms with Crippen LogP contribution in [-0.4, -0.2) is 22.3 Å². The summed E-state index contributed by atoms with van der Waals surface area (Å²) in [5.41, 5.74) is 1.24. The van der Waals surface area contributed by atoms with Gasteiger partial charge in [-0.2, -0.15) is 0 Å². The largest absolute Gasteiger partial charge is 0.382 e. The lowest BCUT2D eigenvalue weighted by atomic mass is 9.94. The molecule has 0 unspecified atom stereocenters. The molecule has 0 saturated carbocycles. The van der Waals surface area contributed by atoms with Gasteiger partial charge in [-0.1, -0.05) is 68.4 Å². The molecule has 2 aromatic carbocycles. The highest BCUT2D eigenvalue weighted by molar-refractivity contribution is 6.01. The third-order valence-corrected chi connectivity index (χ3v) is 3.58. The first kappa shape index (κ1) is 19.8. The molecular weight excluding hydrogens is 300 g/mol. The maximum Gasteiger partial charge on any atom is 0.193 e. The lowest BCUT2D eigenvalue weighted by Gasteiger charge is -2.15. The van der Waals surface area contributed by atoms with Crippen molar-refractivity contribution in [3.63, 3.8) is 0 Å². The van der Waals surface area contributed by atoms with Crippen LogP contribution in [0.3, 0.4) is 0 Å². The van der Waals surface area contributed by atoms with Crippen molar-refractivity contribution in [3.05, 3.63) is 71.3 Å². The lowest BCUT2D eigenvalue weighted by molar-refractivity contribution is 0.0488. The van der Waals surface area contributed by atoms with E-state index in [1.54, 1.807) is 19.1 Å². The van der Waals surface area contributed by atoms with Crippen LogP contribution in [0.5, 0.6) is 0 Å². The van der Waals surface area contributed by atoms with Gasteiger partial charge in [0.25, 0.3) is 0 Å². The normalized spacial score (nSPS) is 10.8. The van der Waals surface area contributed by atoms with E-state index >= 15 is 0 Å². The quantitative estimate of drug-likeness (QED) is 0.832. The molecule has 0 heterocycles. The van der Waals surface area contributed by atoms with Crippen LogP contribution in [0, 0.1) is 0 Å². The first-order valence-corrected chi connectivity index (χ1v) is 8.06. The van der Waals surface area contributed by atoms with Crippen LogP contribution in [0.25, 0.3) is 0 Å². The number of hydrogen-bond donors (Lipinski definition) is 1. The Morgan fingerprint density at radius 3 is 1.71 bits per heavy atom. The number of Topliss-reactive ketones (excluding diaryl/α,β-unsaturated/α-hetero) is 2. The van der Waals surface area contributed by atoms with Crippen LogP contribution in [0.15, 0.2) is 54.6 Å². The Hall–Kier alpha value is -2.26. The van der Waals surface area contributed by atoms with Crippen LogP contribution >= 0.6 is 0 Å². The van der Waals surface area contributed by atoms with Gasteiger partial charge in [0.2, 0.25) is 0 Å². The van der Waals surface area contributed by atoms with Crippen LogP contribution in [-0.2, 0) is 0 Å². The number of hydrogen-bond acceptors (Lipinski definition) is 3. The third kappa shape index (κ3) is 6.09. The molecule has 2 rings (SSSR count). The van der Waals surface area contributed by atoms with Gasteiger partial charge in [-0.25, -0.2) is 0 Å². The van der Waals surface area contributed by atoms with Crippen LogP contribution in [0.2, 0.25) is 0 Å². The molecule has 0 aliphatic heterocycles. The molecule has 24 heavy (non-hydrogen) atoms. The fourth-order valence-electron chi connectivity index (χ4n) is 2.05. The second-order valence-electron chi connectivity index (χ2n) is 6.59. The second kappa shape index (κ2) is 8.55. The predicted molar refractivity (Wildman–Crippen MR) is 97.6 cm³/mol. The lowest BCUT2D eigenvalue weighted by Crippen LogP contribution is -2.31. The van der Waals surface area contributed by atoms with Gasteiger partial charge < -0.3 is 5.11 Å². The summed E-state index contributed by atoms with van der Waals surface area (Å²) in [6.07, 6.45) is 0. The van der Waals surface area contributed by atoms with Gasteiger partial charge in [-0.05, 0) is 32.3 Å². The fourth-order valence-corrected chi connectivity index (χ4v) is 2.05. The van der Waals surface area contributed by atoms with Crippen molar-refractivity contribution in [1.29, 1.82) is 0 Å². The van der Waals surface area contributed by atoms with Gasteiger partial charge in [0, 0.05) is 11.1 Å². The molecule has 0 atom stereocenters. The van der Waals surface area contributed by atoms with Gasteiger partial charge in [-0.15, -0.1) is 0 Å². The van der Waals surface area contributed by atoms with E-state index in [0.29, 0.717) is 11.5 Å². The average Bonchev–Trinajstić information content (AvgIpc) is 2.54. The zero-order valence-electron chi connectivity index (χ0n) is 15.0. The summed E-state index contributed by atoms with van der Waals surface area (Å²) in [5, 5.41) is 9.57. The zero-order chi connectivity index (χ0) is 18.3. The van der Waals surface area contributed by atoms with E-state index in [-0.39, 0.29) is 11.6 Å². The van der Waals surface area contributed by atoms with E-state index in [4.69, 9.17) is 0 Å². The van der Waals surface area contributed by atoms with Gasteiger partial charge in [0.05, 0.1) is 0 Å². The van der Waals surface area contributed by atoms with E-state index in [2.05, 4.69) is 13.8 Å². The Kier molecular flexibility index (Phi) is 7.05. The number of benzene rings is 2. The predicted octanol–water partition coefficient (Wildman–Crippen LogP) is 4.65. The van der Waals surface area contributed by atoms with Gasteiger partial charge >= 0.3 is 0 Å². The van der Waals surface area contributed by atoms with E-state index < -0.39 is 5.60 Å². The number of carbonyl (C=O) groups excluding carboxylic acids is 2. The summed E-state index contributed by atoms with van der Waals surface area (Å²) >= 11 is 0. The zero-order valence-corrected chi connectivity index (χ0v) is 15.0. The van der Waals surface area contributed by atoms with Crippen molar-refractivity contribution in [2.45, 2.75) is 46.1 Å². The first-order valence-electron chi connectivity index (χ1n) is 8.06. The molecule has 2 aromatic rings. The molecule has 0 amide bonds. The summed E-state index contributed by atoms with van der Waals surface area (Å²) in [7, 11) is 0. The second-order valence-corrected chi connectivity index (χ2v) is 6.59. The Bertz CT molecular complexity index is 662. The van der Waals surface area contributed by atoms with Crippen LogP contribution in [0.1, 0.15) is 66.8 Å². The van der Waals surface area contributed by atoms with Crippen molar-refractivity contribution in [2.75, 3.05) is 0 Å². The summed E-state index contributed by atoms with van der Waals surface area (Å²) in [6, 6.07) is 16.6. The highest BCUT2D eigenvalue weighted by Crippen LogP contribution is 2.17. The summed E-state index contributed by atoms with van der Waals surface area (Å²) in [5.74, 6) is 0.338. The van der Waals surface area contributed by atoms with Gasteiger partial charge in [0.15, 0.2) is 11.6 Å². The highest BCUT2D eigenvalue weighted by Gasteiger charge is 2.24. The number of carbonyl (C=O) groups is 2. The first-order chi connectivity index (χ1) is 11.1. The van der Waals surface area contributed by atoms with Gasteiger partial charge in [0.1, 0.15) is 5.60 Å². The molecule has 1 N–H and O–H groups in total. The molecule has 0 fully saturated rings. The Balaban J connectivity index is 0.000000272. The maximum atomic E-state index is 11.7. The molecule has 0 spiro atoms. The molecule has 128 valence electrons. The summed E-state index contributed by atoms with van der Waals surface area (Å²) in [6.45, 7) is 8.78. The van der Waals surface area contributed by atoms with E-state index in [1.165, 1.54) is 19.4 Å². The molecule has 0 saturated heterocycles. The molecule has 0 aliphatic carbocycles. The third-order valence-electron chi connectivity index (χ3n) is 3.58. The minimum atomic E-state index is -1.29. The monoisotopic (exact) mass is 326 g/mol. The van der Waals surface area contributed by atoms with Crippen LogP contribution in [0.4, 0.5) is 0 Å². The maximum absolute atomic E-state index is 11.7. The molecule has 0 radical (unpaired) electrons. The molecule has 0 aliphatic rings. The fraction of sp³-hybridized carbons (Fsp3) is 0.333. The van der Waals surface area contributed by atoms with Crippen molar-refractivity contribution in [1.82, 2.24) is 0 Å². The standard InChI is InChI=1S/C13H18O2.C8H8O/c1-9(2)10-5-7-11(8-6-10)12(14)13(3,4)15;1-7(9)8-5-3-2-4-6-8/h5-9,15H,1-4H3;2-6H,1H3. The van der Waals surface area contributed by atoms with Crippen molar-refractivity contribution in [2.24, 2.45) is 0 Å². The van der Waals surface area contributed by atoms with E-state index in [9.17, 15) is 14.7 Å². The molecule has 0 aromatic heterocycles. The number of ketones is 2. The minimum absolute atomic E-state index is 0.121. The smallest absolute Gasteiger partial charge is 0.193 e. The summed E-state index contributed by atoms with van der Waals surface area (Å²) < 4.78 is 0. The van der Waals surface area contributed by atoms with Crippen molar-refractivity contribution in [3.8, 4) is 0 Å². The van der Waals surface area contributed by atoms with Gasteiger partial charge in [-0.3, -0.25) is 9.59 Å². The highest BCUT2D eigenvalue weighted by atomic mass is 16.3. The Labute approximate surface area is 144 Å². The van der Waals surface area contributed by atoms with Crippen molar-refractivity contribution >= 4 is 11.6 Å². The van der Waals surface area contributed by atoms with Crippen LogP contribution < -0.4 is 0 Å². The Morgan fingerprint density at radius 2 is 1.38 bits per heavy atom. The molecule has 3 heteroatoms. The van der Waals surface area contributed by atoms with E-state index in [1.807, 2.05) is 42.5 Å². The SMILES string of the molecule is CC(=O)c1ccccc1.CC(C)c1ccc(C(=O)C(C)(C)O)cc1. The molecule has 3 nitrogen and oxygen atoms in total. The Morgan fingerprint density at radius 1 is 0.875 bits per heavy atom. The van der Waals surface area contributed by atoms with E-state index in [0.717, 1.165) is 5.56 Å². The molecule has 0 bridgehead atoms. The number of aliphatic hydroxyl groups is 1. The minimum Gasteiger partial charge on any atom is -0.382 e. The topological polar surface area (TPSA) is 54.4 Å². The summed E-state index contributed by atoms with van der Waals surface area (Å²) in [4.78, 5) is 22.3. The average molecular weight is 326 g/mol. The number of rotatable bonds is 4.